The van der Waals surface area contributed by atoms with Crippen molar-refractivity contribution in [2.45, 2.75) is 13.0 Å². The monoisotopic (exact) mass is 140 g/mol. The highest BCUT2D eigenvalue weighted by Crippen LogP contribution is 2.07. The van der Waals surface area contributed by atoms with Crippen molar-refractivity contribution in [2.24, 2.45) is 5.73 Å². The minimum Gasteiger partial charge on any atom is -0.324 e. The van der Waals surface area contributed by atoms with Crippen molar-refractivity contribution in [3.63, 3.8) is 0 Å². The lowest BCUT2D eigenvalue weighted by Crippen LogP contribution is -2.05. The molecule has 0 aliphatic carbocycles. The van der Waals surface area contributed by atoms with Crippen molar-refractivity contribution < 1.29 is 4.39 Å². The minimum absolute atomic E-state index is 0.150. The van der Waals surface area contributed by atoms with Crippen molar-refractivity contribution in [1.82, 2.24) is 4.98 Å². The Balaban J connectivity index is 2.96. The lowest BCUT2D eigenvalue weighted by Gasteiger charge is -2.02. The summed E-state index contributed by atoms with van der Waals surface area (Å²) in [7, 11) is 0. The quantitative estimate of drug-likeness (QED) is 0.637. The zero-order valence-corrected chi connectivity index (χ0v) is 5.71. The number of halogens is 1. The summed E-state index contributed by atoms with van der Waals surface area (Å²) >= 11 is 0. The van der Waals surface area contributed by atoms with Gasteiger partial charge in [-0.2, -0.15) is 0 Å². The van der Waals surface area contributed by atoms with E-state index in [4.69, 9.17) is 5.73 Å². The van der Waals surface area contributed by atoms with E-state index in [0.29, 0.717) is 0 Å². The maximum absolute atomic E-state index is 12.4. The van der Waals surface area contributed by atoms with Gasteiger partial charge in [0.05, 0.1) is 6.20 Å². The summed E-state index contributed by atoms with van der Waals surface area (Å²) in [6.07, 6.45) is 2.72. The Morgan fingerprint density at radius 1 is 1.60 bits per heavy atom. The molecule has 1 atom stereocenters. The van der Waals surface area contributed by atoms with Crippen LogP contribution in [0.4, 0.5) is 4.39 Å². The van der Waals surface area contributed by atoms with Crippen LogP contribution in [-0.4, -0.2) is 4.98 Å². The second-order valence-electron chi connectivity index (χ2n) is 2.23. The molecule has 1 heterocycles. The van der Waals surface area contributed by atoms with Crippen molar-refractivity contribution in [2.75, 3.05) is 0 Å². The van der Waals surface area contributed by atoms with E-state index < -0.39 is 0 Å². The first-order valence-electron chi connectivity index (χ1n) is 3.06. The molecule has 0 radical (unpaired) electrons. The molecule has 3 heteroatoms. The molecule has 0 aliphatic heterocycles. The van der Waals surface area contributed by atoms with Gasteiger partial charge >= 0.3 is 0 Å². The summed E-state index contributed by atoms with van der Waals surface area (Å²) in [5.74, 6) is -0.338. The molecule has 0 fully saturated rings. The maximum atomic E-state index is 12.4. The molecule has 0 saturated carbocycles. The van der Waals surface area contributed by atoms with Crippen molar-refractivity contribution >= 4 is 0 Å². The predicted molar refractivity (Wildman–Crippen MR) is 36.8 cm³/mol. The van der Waals surface area contributed by atoms with Crippen LogP contribution in [0, 0.1) is 5.82 Å². The molecular formula is C7H9FN2. The highest BCUT2D eigenvalue weighted by atomic mass is 19.1. The van der Waals surface area contributed by atoms with Gasteiger partial charge in [-0.1, -0.05) is 0 Å². The van der Waals surface area contributed by atoms with Crippen LogP contribution < -0.4 is 5.73 Å². The van der Waals surface area contributed by atoms with E-state index in [1.54, 1.807) is 13.1 Å². The molecular weight excluding hydrogens is 131 g/mol. The van der Waals surface area contributed by atoms with Gasteiger partial charge in [0.1, 0.15) is 5.82 Å². The molecule has 2 N–H and O–H groups in total. The first-order chi connectivity index (χ1) is 4.70. The molecule has 1 aromatic rings. The maximum Gasteiger partial charge on any atom is 0.141 e. The smallest absolute Gasteiger partial charge is 0.141 e. The molecule has 0 spiro atoms. The third-order valence-electron chi connectivity index (χ3n) is 1.25. The Labute approximate surface area is 58.9 Å². The third kappa shape index (κ3) is 1.51. The Morgan fingerprint density at radius 2 is 2.30 bits per heavy atom. The van der Waals surface area contributed by atoms with E-state index in [2.05, 4.69) is 4.98 Å². The fourth-order valence-electron chi connectivity index (χ4n) is 0.677. The van der Waals surface area contributed by atoms with Crippen molar-refractivity contribution in [3.05, 3.63) is 29.8 Å². The first-order valence-corrected chi connectivity index (χ1v) is 3.06. The number of hydrogen-bond donors (Lipinski definition) is 1. The van der Waals surface area contributed by atoms with Gasteiger partial charge in [0.15, 0.2) is 0 Å². The average Bonchev–Trinajstić information content (AvgIpc) is 1.88. The fraction of sp³-hybridized carbons (Fsp3) is 0.286. The van der Waals surface area contributed by atoms with Crippen LogP contribution in [-0.2, 0) is 0 Å². The average molecular weight is 140 g/mol. The Bertz CT molecular complexity index is 223. The Hall–Kier alpha value is -0.960. The first kappa shape index (κ1) is 7.15. The zero-order chi connectivity index (χ0) is 7.56. The summed E-state index contributed by atoms with van der Waals surface area (Å²) in [5, 5.41) is 0. The molecule has 1 aromatic heterocycles. The highest BCUT2D eigenvalue weighted by molar-refractivity contribution is 5.13. The van der Waals surface area contributed by atoms with E-state index in [-0.39, 0.29) is 11.9 Å². The van der Waals surface area contributed by atoms with Crippen LogP contribution in [0.1, 0.15) is 18.5 Å². The van der Waals surface area contributed by atoms with E-state index in [1.165, 1.54) is 6.07 Å². The molecule has 0 bridgehead atoms. The second-order valence-corrected chi connectivity index (χ2v) is 2.23. The van der Waals surface area contributed by atoms with E-state index in [0.717, 1.165) is 11.8 Å². The highest BCUT2D eigenvalue weighted by Gasteiger charge is 1.99. The summed E-state index contributed by atoms with van der Waals surface area (Å²) < 4.78 is 12.4. The van der Waals surface area contributed by atoms with Crippen LogP contribution in [0.15, 0.2) is 18.5 Å². The SMILES string of the molecule is CC(N)c1cncc(F)c1. The van der Waals surface area contributed by atoms with Gasteiger partial charge < -0.3 is 5.73 Å². The molecule has 2 nitrogen and oxygen atoms in total. The number of nitrogens with two attached hydrogens (primary N) is 1. The number of nitrogens with zero attached hydrogens (tertiary/aromatic N) is 1. The van der Waals surface area contributed by atoms with Gasteiger partial charge in [-0.05, 0) is 18.6 Å². The summed E-state index contributed by atoms with van der Waals surface area (Å²) in [6.45, 7) is 1.79. The molecule has 1 unspecified atom stereocenters. The molecule has 10 heavy (non-hydrogen) atoms. The zero-order valence-electron chi connectivity index (χ0n) is 5.71. The van der Waals surface area contributed by atoms with Crippen LogP contribution in [0.3, 0.4) is 0 Å². The third-order valence-corrected chi connectivity index (χ3v) is 1.25. The largest absolute Gasteiger partial charge is 0.324 e. The van der Waals surface area contributed by atoms with Gasteiger partial charge in [-0.25, -0.2) is 4.39 Å². The van der Waals surface area contributed by atoms with Crippen LogP contribution in [0.5, 0.6) is 0 Å². The standard InChI is InChI=1S/C7H9FN2/c1-5(9)6-2-7(8)4-10-3-6/h2-5H,9H2,1H3. The minimum atomic E-state index is -0.338. The summed E-state index contributed by atoms with van der Waals surface area (Å²) in [6, 6.07) is 1.24. The molecule has 0 saturated heterocycles. The van der Waals surface area contributed by atoms with E-state index in [9.17, 15) is 4.39 Å². The van der Waals surface area contributed by atoms with Crippen LogP contribution >= 0.6 is 0 Å². The topological polar surface area (TPSA) is 38.9 Å². The van der Waals surface area contributed by atoms with E-state index in [1.807, 2.05) is 0 Å². The lowest BCUT2D eigenvalue weighted by atomic mass is 10.2. The Morgan fingerprint density at radius 3 is 2.70 bits per heavy atom. The van der Waals surface area contributed by atoms with Gasteiger partial charge in [0, 0.05) is 12.2 Å². The van der Waals surface area contributed by atoms with Gasteiger partial charge in [-0.15, -0.1) is 0 Å². The molecule has 0 aliphatic rings. The van der Waals surface area contributed by atoms with E-state index >= 15 is 0 Å². The number of rotatable bonds is 1. The summed E-state index contributed by atoms with van der Waals surface area (Å²) in [5.41, 5.74) is 6.20. The van der Waals surface area contributed by atoms with Gasteiger partial charge in [0.2, 0.25) is 0 Å². The lowest BCUT2D eigenvalue weighted by molar-refractivity contribution is 0.615. The number of pyridine rings is 1. The second kappa shape index (κ2) is 2.75. The molecule has 0 aromatic carbocycles. The fourth-order valence-corrected chi connectivity index (χ4v) is 0.677. The molecule has 54 valence electrons. The van der Waals surface area contributed by atoms with Crippen molar-refractivity contribution in [1.29, 1.82) is 0 Å². The normalized spacial score (nSPS) is 13.1. The Kier molecular flexibility index (Phi) is 1.97. The molecule has 1 rings (SSSR count). The van der Waals surface area contributed by atoms with Crippen LogP contribution in [0.25, 0.3) is 0 Å². The summed E-state index contributed by atoms with van der Waals surface area (Å²) in [4.78, 5) is 3.65. The number of hydrogen-bond acceptors (Lipinski definition) is 2. The molecule has 0 amide bonds. The van der Waals surface area contributed by atoms with Crippen molar-refractivity contribution in [3.8, 4) is 0 Å². The van der Waals surface area contributed by atoms with Gasteiger partial charge in [-0.3, -0.25) is 4.98 Å². The number of aromatic nitrogens is 1. The van der Waals surface area contributed by atoms with Crippen LogP contribution in [0.2, 0.25) is 0 Å². The van der Waals surface area contributed by atoms with Gasteiger partial charge in [0.25, 0.3) is 0 Å². The predicted octanol–water partition coefficient (Wildman–Crippen LogP) is 1.24.